The van der Waals surface area contributed by atoms with Gasteiger partial charge >= 0.3 is 0 Å². The predicted octanol–water partition coefficient (Wildman–Crippen LogP) is 4.32. The highest BCUT2D eigenvalue weighted by molar-refractivity contribution is 6.33. The van der Waals surface area contributed by atoms with Gasteiger partial charge in [0.2, 0.25) is 0 Å². The third kappa shape index (κ3) is 2.28. The average Bonchev–Trinajstić information content (AvgIpc) is 3.35. The molecule has 1 aliphatic rings. The average molecular weight is 354 g/mol. The van der Waals surface area contributed by atoms with Gasteiger partial charge in [0, 0.05) is 17.2 Å². The Bertz CT molecular complexity index is 1150. The topological polar surface area (TPSA) is 56.0 Å². The normalized spacial score (nSPS) is 14.5. The first-order valence-corrected chi connectivity index (χ1v) is 8.47. The van der Waals surface area contributed by atoms with Crippen molar-refractivity contribution in [3.05, 3.63) is 52.6 Å². The predicted molar refractivity (Wildman–Crippen MR) is 93.2 cm³/mol. The lowest BCUT2D eigenvalue weighted by molar-refractivity contribution is 0.628. The molecule has 0 radical (unpaired) electrons. The molecule has 0 unspecified atom stereocenters. The quantitative estimate of drug-likeness (QED) is 0.538. The molecule has 1 aliphatic carbocycles. The Morgan fingerprint density at radius 3 is 2.72 bits per heavy atom. The number of nitrogens with zero attached hydrogens (tertiary/aromatic N) is 5. The summed E-state index contributed by atoms with van der Waals surface area (Å²) in [6.07, 6.45) is 2.32. The number of hydrogen-bond acceptors (Lipinski definition) is 4. The monoisotopic (exact) mass is 353 g/mol. The number of aryl methyl sites for hydroxylation is 1. The number of fused-ring (bicyclic) bond motifs is 3. The molecule has 0 amide bonds. The van der Waals surface area contributed by atoms with Crippen molar-refractivity contribution in [2.45, 2.75) is 25.7 Å². The van der Waals surface area contributed by atoms with Gasteiger partial charge < -0.3 is 0 Å². The van der Waals surface area contributed by atoms with Crippen LogP contribution < -0.4 is 0 Å². The molecule has 1 fully saturated rings. The summed E-state index contributed by atoms with van der Waals surface area (Å²) in [5.74, 6) is 0.603. The highest BCUT2D eigenvalue weighted by atomic mass is 35.5. The summed E-state index contributed by atoms with van der Waals surface area (Å²) >= 11 is 6.29. The fourth-order valence-corrected chi connectivity index (χ4v) is 3.31. The lowest BCUT2D eigenvalue weighted by Gasteiger charge is -2.08. The molecule has 1 saturated carbocycles. The first-order chi connectivity index (χ1) is 12.1. The second-order valence-corrected chi connectivity index (χ2v) is 6.76. The smallest absolute Gasteiger partial charge is 0.184 e. The Morgan fingerprint density at radius 1 is 1.08 bits per heavy atom. The summed E-state index contributed by atoms with van der Waals surface area (Å²) in [7, 11) is 0. The Hall–Kier alpha value is -2.60. The Kier molecular flexibility index (Phi) is 3.06. The van der Waals surface area contributed by atoms with Crippen molar-refractivity contribution in [1.82, 2.24) is 24.6 Å². The van der Waals surface area contributed by atoms with E-state index in [1.54, 1.807) is 0 Å². The Balaban J connectivity index is 1.89. The minimum Gasteiger partial charge on any atom is -0.255 e. The molecule has 4 aromatic rings. The van der Waals surface area contributed by atoms with E-state index in [0.717, 1.165) is 29.7 Å². The van der Waals surface area contributed by atoms with Gasteiger partial charge in [-0.3, -0.25) is 4.40 Å². The molecule has 0 N–H and O–H groups in total. The summed E-state index contributed by atoms with van der Waals surface area (Å²) < 4.78 is 15.6. The molecule has 0 bridgehead atoms. The van der Waals surface area contributed by atoms with Crippen LogP contribution >= 0.6 is 11.6 Å². The summed E-state index contributed by atoms with van der Waals surface area (Å²) in [4.78, 5) is 9.38. The fraction of sp³-hybridized carbons (Fsp3) is 0.222. The van der Waals surface area contributed by atoms with Crippen LogP contribution in [0, 0.1) is 12.7 Å². The van der Waals surface area contributed by atoms with Crippen LogP contribution in [-0.2, 0) is 0 Å². The van der Waals surface area contributed by atoms with Crippen LogP contribution in [0.25, 0.3) is 28.2 Å². The Morgan fingerprint density at radius 2 is 1.92 bits per heavy atom. The van der Waals surface area contributed by atoms with Crippen molar-refractivity contribution < 1.29 is 4.39 Å². The van der Waals surface area contributed by atoms with Crippen molar-refractivity contribution in [2.75, 3.05) is 0 Å². The van der Waals surface area contributed by atoms with Crippen LogP contribution in [-0.4, -0.2) is 24.6 Å². The van der Waals surface area contributed by atoms with E-state index < -0.39 is 0 Å². The van der Waals surface area contributed by atoms with Gasteiger partial charge in [0.25, 0.3) is 0 Å². The zero-order valence-corrected chi connectivity index (χ0v) is 14.1. The third-order valence-electron chi connectivity index (χ3n) is 4.53. The largest absolute Gasteiger partial charge is 0.255 e. The molecule has 5 nitrogen and oxygen atoms in total. The second kappa shape index (κ2) is 5.20. The molecule has 0 atom stereocenters. The molecular weight excluding hydrogens is 341 g/mol. The van der Waals surface area contributed by atoms with Gasteiger partial charge in [-0.1, -0.05) is 11.6 Å². The van der Waals surface area contributed by atoms with Gasteiger partial charge in [-0.15, -0.1) is 10.2 Å². The van der Waals surface area contributed by atoms with Gasteiger partial charge in [-0.05, 0) is 50.1 Å². The molecule has 3 heterocycles. The van der Waals surface area contributed by atoms with Crippen LogP contribution in [0.4, 0.5) is 4.39 Å². The maximum absolute atomic E-state index is 13.8. The van der Waals surface area contributed by atoms with Crippen LogP contribution in [0.5, 0.6) is 0 Å². The SMILES string of the molecule is Cc1nc2ccc(C3CC3)nc2n2c(-c3cc(F)ccc3Cl)nnc12. The maximum atomic E-state index is 13.8. The highest BCUT2D eigenvalue weighted by Gasteiger charge is 2.26. The van der Waals surface area contributed by atoms with Gasteiger partial charge in [0.05, 0.1) is 10.7 Å². The van der Waals surface area contributed by atoms with Gasteiger partial charge in [-0.25, -0.2) is 14.4 Å². The molecule has 0 aliphatic heterocycles. The van der Waals surface area contributed by atoms with Crippen molar-refractivity contribution in [1.29, 1.82) is 0 Å². The van der Waals surface area contributed by atoms with E-state index in [-0.39, 0.29) is 5.82 Å². The number of rotatable bonds is 2. The molecule has 25 heavy (non-hydrogen) atoms. The molecule has 124 valence electrons. The Labute approximate surface area is 147 Å². The first-order valence-electron chi connectivity index (χ1n) is 8.09. The second-order valence-electron chi connectivity index (χ2n) is 6.36. The highest BCUT2D eigenvalue weighted by Crippen LogP contribution is 2.39. The molecule has 5 rings (SSSR count). The maximum Gasteiger partial charge on any atom is 0.184 e. The zero-order chi connectivity index (χ0) is 17.1. The van der Waals surface area contributed by atoms with Crippen molar-refractivity contribution in [3.8, 4) is 11.4 Å². The van der Waals surface area contributed by atoms with E-state index in [9.17, 15) is 4.39 Å². The summed E-state index contributed by atoms with van der Waals surface area (Å²) in [6, 6.07) is 8.21. The minimum atomic E-state index is -0.377. The van der Waals surface area contributed by atoms with Crippen molar-refractivity contribution in [2.24, 2.45) is 0 Å². The van der Waals surface area contributed by atoms with Gasteiger partial charge in [0.15, 0.2) is 17.1 Å². The number of aromatic nitrogens is 5. The van der Waals surface area contributed by atoms with E-state index in [4.69, 9.17) is 16.6 Å². The number of benzene rings is 1. The van der Waals surface area contributed by atoms with E-state index in [0.29, 0.717) is 33.6 Å². The summed E-state index contributed by atoms with van der Waals surface area (Å²) in [6.45, 7) is 1.87. The van der Waals surface area contributed by atoms with Crippen LogP contribution in [0.3, 0.4) is 0 Å². The van der Waals surface area contributed by atoms with Crippen molar-refractivity contribution >= 4 is 28.4 Å². The minimum absolute atomic E-state index is 0.377. The molecule has 3 aromatic heterocycles. The lowest BCUT2D eigenvalue weighted by Crippen LogP contribution is -2.01. The zero-order valence-electron chi connectivity index (χ0n) is 13.4. The van der Waals surface area contributed by atoms with Crippen LogP contribution in [0.15, 0.2) is 30.3 Å². The number of hydrogen-bond donors (Lipinski definition) is 0. The molecular formula is C18H13ClFN5. The number of halogens is 2. The molecule has 1 aromatic carbocycles. The molecule has 7 heteroatoms. The van der Waals surface area contributed by atoms with E-state index in [2.05, 4.69) is 15.2 Å². The van der Waals surface area contributed by atoms with Crippen LogP contribution in [0.2, 0.25) is 5.02 Å². The molecule has 0 spiro atoms. The molecule has 0 saturated heterocycles. The van der Waals surface area contributed by atoms with E-state index >= 15 is 0 Å². The fourth-order valence-electron chi connectivity index (χ4n) is 3.11. The third-order valence-corrected chi connectivity index (χ3v) is 4.86. The standard InChI is InChI=1S/C18H13ClFN5/c1-9-16-23-24-17(12-8-11(20)4-5-13(12)19)25(16)18-15(21-9)7-6-14(22-18)10-2-3-10/h4-8,10H,2-3H2,1H3. The lowest BCUT2D eigenvalue weighted by atomic mass is 10.2. The van der Waals surface area contributed by atoms with E-state index in [1.165, 1.54) is 18.2 Å². The summed E-state index contributed by atoms with van der Waals surface area (Å²) in [5.41, 5.74) is 4.29. The van der Waals surface area contributed by atoms with Gasteiger partial charge in [-0.2, -0.15) is 0 Å². The van der Waals surface area contributed by atoms with Crippen LogP contribution in [0.1, 0.15) is 30.1 Å². The van der Waals surface area contributed by atoms with E-state index in [1.807, 2.05) is 23.5 Å². The number of pyridine rings is 1. The van der Waals surface area contributed by atoms with Crippen molar-refractivity contribution in [3.63, 3.8) is 0 Å². The van der Waals surface area contributed by atoms with Gasteiger partial charge in [0.1, 0.15) is 11.3 Å². The summed E-state index contributed by atoms with van der Waals surface area (Å²) in [5, 5.41) is 8.90. The first kappa shape index (κ1) is 14.7.